The Morgan fingerprint density at radius 1 is 1.24 bits per heavy atom. The fourth-order valence-corrected chi connectivity index (χ4v) is 5.32. The average Bonchev–Trinajstić information content (AvgIpc) is 3.08. The number of aliphatic hydroxyl groups excluding tert-OH is 1. The van der Waals surface area contributed by atoms with Crippen molar-refractivity contribution in [2.75, 3.05) is 11.3 Å². The molecule has 0 unspecified atom stereocenters. The van der Waals surface area contributed by atoms with Crippen LogP contribution in [0.3, 0.4) is 0 Å². The van der Waals surface area contributed by atoms with Crippen LogP contribution in [-0.2, 0) is 19.2 Å². The van der Waals surface area contributed by atoms with Crippen molar-refractivity contribution < 1.29 is 22.7 Å². The molecule has 0 bridgehead atoms. The van der Waals surface area contributed by atoms with E-state index in [0.717, 1.165) is 5.56 Å². The van der Waals surface area contributed by atoms with E-state index < -0.39 is 42.3 Å². The topological polar surface area (TPSA) is 120 Å². The number of aliphatic hydroxyl groups is 1. The molecule has 0 saturated carbocycles. The summed E-state index contributed by atoms with van der Waals surface area (Å²) in [5.74, 6) is -0.167. The van der Waals surface area contributed by atoms with E-state index in [9.17, 15) is 18.3 Å². The zero-order valence-electron chi connectivity index (χ0n) is 20.8. The third-order valence-corrected chi connectivity index (χ3v) is 12.5. The van der Waals surface area contributed by atoms with E-state index in [2.05, 4.69) is 43.6 Å². The Bertz CT molecular complexity index is 1190. The van der Waals surface area contributed by atoms with Gasteiger partial charge in [0, 0.05) is 18.2 Å². The van der Waals surface area contributed by atoms with Gasteiger partial charge in [0.1, 0.15) is 12.3 Å². The zero-order chi connectivity index (χ0) is 25.5. The van der Waals surface area contributed by atoms with E-state index in [1.165, 1.54) is 22.9 Å². The minimum atomic E-state index is -3.99. The molecule has 1 aliphatic heterocycles. The Morgan fingerprint density at radius 3 is 2.44 bits per heavy atom. The van der Waals surface area contributed by atoms with Gasteiger partial charge < -0.3 is 14.3 Å². The second kappa shape index (κ2) is 9.54. The quantitative estimate of drug-likeness (QED) is 0.549. The summed E-state index contributed by atoms with van der Waals surface area (Å²) in [5.41, 5.74) is 0.704. The Hall–Kier alpha value is -2.05. The molecule has 3 rings (SSSR count). The molecule has 1 fully saturated rings. The van der Waals surface area contributed by atoms with E-state index in [0.29, 0.717) is 5.56 Å². The van der Waals surface area contributed by atoms with Gasteiger partial charge in [0.15, 0.2) is 8.32 Å². The first-order valence-electron chi connectivity index (χ1n) is 11.3. The summed E-state index contributed by atoms with van der Waals surface area (Å²) < 4.78 is 42.0. The second-order valence-electron chi connectivity index (χ2n) is 10.4. The highest BCUT2D eigenvalue weighted by molar-refractivity contribution is 7.92. The van der Waals surface area contributed by atoms with Crippen LogP contribution in [0.25, 0.3) is 0 Å². The van der Waals surface area contributed by atoms with Crippen LogP contribution in [0, 0.1) is 13.8 Å². The van der Waals surface area contributed by atoms with Gasteiger partial charge in [-0.3, -0.25) is 9.36 Å². The molecule has 3 atom stereocenters. The van der Waals surface area contributed by atoms with E-state index in [-0.39, 0.29) is 28.9 Å². The maximum atomic E-state index is 12.9. The number of anilines is 1. The van der Waals surface area contributed by atoms with E-state index in [4.69, 9.17) is 9.16 Å². The second-order valence-corrected chi connectivity index (χ2v) is 16.9. The van der Waals surface area contributed by atoms with Crippen LogP contribution in [0.2, 0.25) is 18.1 Å². The maximum Gasteiger partial charge on any atom is 0.277 e. The SMILES string of the molecule is Cc1ccc(S(=O)(=O)Nc2nc(=O)c(C)cn2[C@H]2C[C@H](O)[C@@H](CO[Si](C)(C)C(C)(C)C)O2)cc1. The molecule has 0 amide bonds. The first-order chi connectivity index (χ1) is 15.6. The van der Waals surface area contributed by atoms with Gasteiger partial charge in [-0.1, -0.05) is 38.5 Å². The number of nitrogens with zero attached hydrogens (tertiary/aromatic N) is 2. The number of aryl methyl sites for hydroxylation is 2. The summed E-state index contributed by atoms with van der Waals surface area (Å²) in [6.45, 7) is 14.3. The summed E-state index contributed by atoms with van der Waals surface area (Å²) in [5, 5.41) is 10.7. The highest BCUT2D eigenvalue weighted by Gasteiger charge is 2.41. The molecule has 188 valence electrons. The van der Waals surface area contributed by atoms with Crippen molar-refractivity contribution in [2.45, 2.75) is 82.5 Å². The molecular weight excluding hydrogens is 474 g/mol. The molecule has 9 nitrogen and oxygen atoms in total. The van der Waals surface area contributed by atoms with Gasteiger partial charge in [0.05, 0.1) is 17.6 Å². The molecule has 2 N–H and O–H groups in total. The molecule has 0 radical (unpaired) electrons. The summed E-state index contributed by atoms with van der Waals surface area (Å²) in [6.07, 6.45) is -0.409. The van der Waals surface area contributed by atoms with Crippen LogP contribution in [0.15, 0.2) is 40.2 Å². The minimum absolute atomic E-state index is 0.0110. The van der Waals surface area contributed by atoms with E-state index in [1.807, 2.05) is 6.92 Å². The average molecular weight is 510 g/mol. The Labute approximate surface area is 202 Å². The summed E-state index contributed by atoms with van der Waals surface area (Å²) in [4.78, 5) is 16.2. The fourth-order valence-electron chi connectivity index (χ4n) is 3.30. The number of nitrogens with one attached hydrogen (secondary N) is 1. The Kier molecular flexibility index (Phi) is 7.45. The number of hydrogen-bond donors (Lipinski definition) is 2. The lowest BCUT2D eigenvalue weighted by Gasteiger charge is -2.37. The number of ether oxygens (including phenoxy) is 1. The molecule has 11 heteroatoms. The van der Waals surface area contributed by atoms with Gasteiger partial charge in [0.2, 0.25) is 5.95 Å². The van der Waals surface area contributed by atoms with Crippen molar-refractivity contribution in [1.82, 2.24) is 9.55 Å². The molecule has 1 aliphatic rings. The molecule has 2 heterocycles. The standard InChI is InChI=1S/C23H35N3O6SSi/c1-15-8-10-17(11-9-15)33(29,30)25-22-24-21(28)16(2)13-26(22)20-12-18(27)19(32-20)14-31-34(6,7)23(3,4)5/h8-11,13,18-20,27H,12,14H2,1-7H3,(H,24,25,28)/t18-,19+,20+/m0/s1. The van der Waals surface area contributed by atoms with Crippen LogP contribution in [-0.4, -0.2) is 50.2 Å². The Balaban J connectivity index is 1.85. The van der Waals surface area contributed by atoms with Crippen LogP contribution in [0.5, 0.6) is 0 Å². The van der Waals surface area contributed by atoms with Crippen molar-refractivity contribution in [3.8, 4) is 0 Å². The minimum Gasteiger partial charge on any atom is -0.414 e. The molecule has 1 aromatic carbocycles. The fraction of sp³-hybridized carbons (Fsp3) is 0.565. The van der Waals surface area contributed by atoms with Gasteiger partial charge in [0.25, 0.3) is 15.6 Å². The number of benzene rings is 1. The smallest absolute Gasteiger partial charge is 0.277 e. The lowest BCUT2D eigenvalue weighted by Crippen LogP contribution is -2.43. The monoisotopic (exact) mass is 509 g/mol. The van der Waals surface area contributed by atoms with Crippen molar-refractivity contribution >= 4 is 24.3 Å². The lowest BCUT2D eigenvalue weighted by molar-refractivity contribution is -0.0414. The predicted molar refractivity (Wildman–Crippen MR) is 133 cm³/mol. The highest BCUT2D eigenvalue weighted by Crippen LogP contribution is 2.38. The number of aromatic nitrogens is 2. The molecule has 1 aromatic heterocycles. The molecular formula is C23H35N3O6SSi. The van der Waals surface area contributed by atoms with Gasteiger partial charge in [-0.2, -0.15) is 4.98 Å². The third kappa shape index (κ3) is 5.77. The summed E-state index contributed by atoms with van der Waals surface area (Å²) in [6, 6.07) is 6.35. The van der Waals surface area contributed by atoms with E-state index >= 15 is 0 Å². The summed E-state index contributed by atoms with van der Waals surface area (Å²) >= 11 is 0. The molecule has 0 spiro atoms. The third-order valence-electron chi connectivity index (χ3n) is 6.61. The van der Waals surface area contributed by atoms with Crippen molar-refractivity contribution in [3.05, 3.63) is 51.9 Å². The number of rotatable bonds is 7. The van der Waals surface area contributed by atoms with Gasteiger partial charge in [-0.15, -0.1) is 0 Å². The van der Waals surface area contributed by atoms with E-state index in [1.54, 1.807) is 19.1 Å². The molecule has 0 aliphatic carbocycles. The van der Waals surface area contributed by atoms with Crippen LogP contribution < -0.4 is 10.3 Å². The number of hydrogen-bond acceptors (Lipinski definition) is 7. The van der Waals surface area contributed by atoms with Crippen LogP contribution in [0.1, 0.15) is 44.5 Å². The first-order valence-corrected chi connectivity index (χ1v) is 15.7. The summed E-state index contributed by atoms with van der Waals surface area (Å²) in [7, 11) is -6.04. The highest BCUT2D eigenvalue weighted by atomic mass is 32.2. The van der Waals surface area contributed by atoms with Crippen molar-refractivity contribution in [3.63, 3.8) is 0 Å². The lowest BCUT2D eigenvalue weighted by atomic mass is 10.2. The van der Waals surface area contributed by atoms with Crippen LogP contribution in [0.4, 0.5) is 5.95 Å². The molecule has 1 saturated heterocycles. The zero-order valence-corrected chi connectivity index (χ0v) is 22.6. The largest absolute Gasteiger partial charge is 0.414 e. The predicted octanol–water partition coefficient (Wildman–Crippen LogP) is 3.33. The molecule has 2 aromatic rings. The van der Waals surface area contributed by atoms with Crippen molar-refractivity contribution in [1.29, 1.82) is 0 Å². The number of sulfonamides is 1. The molecule has 34 heavy (non-hydrogen) atoms. The first kappa shape index (κ1) is 26.5. The normalized spacial score (nSPS) is 21.6. The maximum absolute atomic E-state index is 12.9. The van der Waals surface area contributed by atoms with Gasteiger partial charge >= 0.3 is 0 Å². The van der Waals surface area contributed by atoms with Crippen LogP contribution >= 0.6 is 0 Å². The van der Waals surface area contributed by atoms with Gasteiger partial charge in [-0.05, 0) is 44.1 Å². The van der Waals surface area contributed by atoms with Crippen molar-refractivity contribution in [2.24, 2.45) is 0 Å². The Morgan fingerprint density at radius 2 is 1.85 bits per heavy atom. The van der Waals surface area contributed by atoms with Gasteiger partial charge in [-0.25, -0.2) is 13.1 Å².